The number of fused-ring (bicyclic) bond motifs is 1. The topological polar surface area (TPSA) is 69.5 Å². The highest BCUT2D eigenvalue weighted by Gasteiger charge is 2.23. The van der Waals surface area contributed by atoms with E-state index in [-0.39, 0.29) is 12.0 Å². The van der Waals surface area contributed by atoms with Crippen LogP contribution in [-0.2, 0) is 24.3 Å². The van der Waals surface area contributed by atoms with Crippen molar-refractivity contribution >= 4 is 17.7 Å². The lowest BCUT2D eigenvalue weighted by Gasteiger charge is -2.28. The molecule has 0 saturated heterocycles. The Morgan fingerprint density at radius 3 is 2.56 bits per heavy atom. The first-order valence-electron chi connectivity index (χ1n) is 10.8. The Balaban J connectivity index is 1.40. The highest BCUT2D eigenvalue weighted by molar-refractivity contribution is 7.99. The van der Waals surface area contributed by atoms with Crippen LogP contribution in [0.2, 0.25) is 0 Å². The summed E-state index contributed by atoms with van der Waals surface area (Å²) in [4.78, 5) is 14.8. The summed E-state index contributed by atoms with van der Waals surface area (Å²) in [5.74, 6) is 2.51. The van der Waals surface area contributed by atoms with Crippen molar-refractivity contribution in [2.45, 2.75) is 44.6 Å². The summed E-state index contributed by atoms with van der Waals surface area (Å²) in [5, 5.41) is 9.43. The number of carbonyl (C=O) groups is 1. The zero-order valence-corrected chi connectivity index (χ0v) is 19.5. The largest absolute Gasteiger partial charge is 0.493 e. The minimum absolute atomic E-state index is 0.120. The van der Waals surface area contributed by atoms with Crippen molar-refractivity contribution in [3.8, 4) is 11.5 Å². The van der Waals surface area contributed by atoms with Crippen LogP contribution in [0, 0.1) is 0 Å². The number of carbonyl (C=O) groups excluding carboxylic acids is 1. The number of nitrogens with zero attached hydrogens (tertiary/aromatic N) is 4. The highest BCUT2D eigenvalue weighted by Crippen LogP contribution is 2.31. The smallest absolute Gasteiger partial charge is 0.233 e. The normalized spacial score (nSPS) is 14.0. The quantitative estimate of drug-likeness (QED) is 0.479. The Morgan fingerprint density at radius 2 is 1.81 bits per heavy atom. The van der Waals surface area contributed by atoms with E-state index in [0.717, 1.165) is 23.9 Å². The van der Waals surface area contributed by atoms with Gasteiger partial charge in [-0.3, -0.25) is 4.79 Å². The van der Waals surface area contributed by atoms with E-state index in [9.17, 15) is 4.79 Å². The van der Waals surface area contributed by atoms with E-state index in [1.807, 2.05) is 53.6 Å². The predicted octanol–water partition coefficient (Wildman–Crippen LogP) is 4.12. The minimum atomic E-state index is -0.317. The monoisotopic (exact) mass is 452 g/mol. The van der Waals surface area contributed by atoms with E-state index in [4.69, 9.17) is 9.47 Å². The summed E-state index contributed by atoms with van der Waals surface area (Å²) in [5.41, 5.74) is 2.57. The van der Waals surface area contributed by atoms with Crippen LogP contribution in [0.5, 0.6) is 11.5 Å². The third kappa shape index (κ3) is 4.75. The molecule has 168 valence electrons. The molecule has 4 rings (SSSR count). The zero-order chi connectivity index (χ0) is 22.5. The van der Waals surface area contributed by atoms with Crippen LogP contribution < -0.4 is 9.47 Å². The van der Waals surface area contributed by atoms with Crippen molar-refractivity contribution in [2.24, 2.45) is 0 Å². The molecule has 3 aromatic rings. The minimum Gasteiger partial charge on any atom is -0.493 e. The van der Waals surface area contributed by atoms with Gasteiger partial charge in [0.25, 0.3) is 0 Å². The second kappa shape index (κ2) is 10.1. The molecule has 32 heavy (non-hydrogen) atoms. The first-order valence-corrected chi connectivity index (χ1v) is 11.8. The molecule has 1 aliphatic rings. The molecule has 0 fully saturated rings. The molecule has 2 aromatic carbocycles. The van der Waals surface area contributed by atoms with E-state index >= 15 is 0 Å². The van der Waals surface area contributed by atoms with Crippen LogP contribution >= 0.6 is 11.8 Å². The Bertz CT molecular complexity index is 1080. The van der Waals surface area contributed by atoms with Gasteiger partial charge in [-0.15, -0.1) is 10.2 Å². The first-order chi connectivity index (χ1) is 15.6. The van der Waals surface area contributed by atoms with Gasteiger partial charge in [0.2, 0.25) is 5.91 Å². The number of benzene rings is 2. The van der Waals surface area contributed by atoms with Gasteiger partial charge >= 0.3 is 0 Å². The van der Waals surface area contributed by atoms with Crippen molar-refractivity contribution in [3.63, 3.8) is 0 Å². The Hall–Kier alpha value is -3.00. The molecule has 0 aliphatic carbocycles. The SMILES string of the molecule is CCn1c(SCC(=O)N2CCc3ccccc3C2)nnc1C(C)Oc1ccccc1OC. The fourth-order valence-electron chi connectivity index (χ4n) is 3.89. The molecule has 0 spiro atoms. The molecular formula is C24H28N4O3S. The van der Waals surface area contributed by atoms with Crippen molar-refractivity contribution in [1.82, 2.24) is 19.7 Å². The molecule has 1 aromatic heterocycles. The van der Waals surface area contributed by atoms with Crippen molar-refractivity contribution < 1.29 is 14.3 Å². The number of rotatable bonds is 8. The number of ether oxygens (including phenoxy) is 2. The molecule has 2 heterocycles. The lowest BCUT2D eigenvalue weighted by molar-refractivity contribution is -0.129. The number of thioether (sulfide) groups is 1. The maximum Gasteiger partial charge on any atom is 0.233 e. The van der Waals surface area contributed by atoms with E-state index < -0.39 is 0 Å². The molecule has 7 nitrogen and oxygen atoms in total. The molecule has 1 aliphatic heterocycles. The molecule has 0 bridgehead atoms. The van der Waals surface area contributed by atoms with Gasteiger partial charge in [-0.2, -0.15) is 0 Å². The Kier molecular flexibility index (Phi) is 6.99. The average molecular weight is 453 g/mol. The van der Waals surface area contributed by atoms with Gasteiger partial charge in [0.1, 0.15) is 0 Å². The van der Waals surface area contributed by atoms with Gasteiger partial charge in [0.05, 0.1) is 12.9 Å². The maximum absolute atomic E-state index is 12.8. The lowest BCUT2D eigenvalue weighted by atomic mass is 10.00. The number of methoxy groups -OCH3 is 1. The van der Waals surface area contributed by atoms with Crippen LogP contribution in [0.4, 0.5) is 0 Å². The van der Waals surface area contributed by atoms with Crippen LogP contribution in [0.25, 0.3) is 0 Å². The van der Waals surface area contributed by atoms with Crippen LogP contribution in [0.1, 0.15) is 36.9 Å². The van der Waals surface area contributed by atoms with E-state index in [1.54, 1.807) is 7.11 Å². The Morgan fingerprint density at radius 1 is 1.09 bits per heavy atom. The summed E-state index contributed by atoms with van der Waals surface area (Å²) in [6.07, 6.45) is 0.585. The van der Waals surface area contributed by atoms with Crippen molar-refractivity contribution in [1.29, 1.82) is 0 Å². The van der Waals surface area contributed by atoms with E-state index in [1.165, 1.54) is 22.9 Å². The summed E-state index contributed by atoms with van der Waals surface area (Å²) in [7, 11) is 1.62. The second-order valence-electron chi connectivity index (χ2n) is 7.62. The third-order valence-electron chi connectivity index (χ3n) is 5.61. The van der Waals surface area contributed by atoms with Crippen LogP contribution in [-0.4, -0.2) is 45.0 Å². The molecule has 0 N–H and O–H groups in total. The van der Waals surface area contributed by atoms with Gasteiger partial charge in [0, 0.05) is 19.6 Å². The number of para-hydroxylation sites is 2. The Labute approximate surface area is 192 Å². The maximum atomic E-state index is 12.8. The fourth-order valence-corrected chi connectivity index (χ4v) is 4.80. The number of hydrogen-bond acceptors (Lipinski definition) is 6. The summed E-state index contributed by atoms with van der Waals surface area (Å²) >= 11 is 1.42. The summed E-state index contributed by atoms with van der Waals surface area (Å²) in [6, 6.07) is 15.9. The predicted molar refractivity (Wildman–Crippen MR) is 124 cm³/mol. The van der Waals surface area contributed by atoms with Gasteiger partial charge in [-0.1, -0.05) is 48.2 Å². The standard InChI is InChI=1S/C24H28N4O3S/c1-4-28-23(17(2)31-21-12-8-7-11-20(21)30-3)25-26-24(28)32-16-22(29)27-14-13-18-9-5-6-10-19(18)15-27/h5-12,17H,4,13-16H2,1-3H3. The van der Waals surface area contributed by atoms with Crippen LogP contribution in [0.3, 0.4) is 0 Å². The first kappa shape index (κ1) is 22.2. The van der Waals surface area contributed by atoms with E-state index in [0.29, 0.717) is 30.3 Å². The molecule has 0 saturated carbocycles. The average Bonchev–Trinajstić information content (AvgIpc) is 3.25. The molecule has 0 radical (unpaired) electrons. The number of aromatic nitrogens is 3. The third-order valence-corrected chi connectivity index (χ3v) is 6.56. The number of hydrogen-bond donors (Lipinski definition) is 0. The van der Waals surface area contributed by atoms with Crippen molar-refractivity contribution in [3.05, 3.63) is 65.5 Å². The second-order valence-corrected chi connectivity index (χ2v) is 8.56. The molecule has 1 amide bonds. The zero-order valence-electron chi connectivity index (χ0n) is 18.7. The van der Waals surface area contributed by atoms with Gasteiger partial charge in [-0.05, 0) is 43.5 Å². The molecular weight excluding hydrogens is 424 g/mol. The lowest BCUT2D eigenvalue weighted by Crippen LogP contribution is -2.37. The highest BCUT2D eigenvalue weighted by atomic mass is 32.2. The summed E-state index contributed by atoms with van der Waals surface area (Å²) in [6.45, 7) is 6.09. The van der Waals surface area contributed by atoms with Crippen molar-refractivity contribution in [2.75, 3.05) is 19.4 Å². The van der Waals surface area contributed by atoms with Gasteiger partial charge < -0.3 is 18.9 Å². The van der Waals surface area contributed by atoms with Crippen LogP contribution in [0.15, 0.2) is 53.7 Å². The van der Waals surface area contributed by atoms with Gasteiger partial charge in [0.15, 0.2) is 28.6 Å². The van der Waals surface area contributed by atoms with Gasteiger partial charge in [-0.25, -0.2) is 0 Å². The fraction of sp³-hybridized carbons (Fsp3) is 0.375. The molecule has 8 heteroatoms. The molecule has 1 atom stereocenters. The summed E-state index contributed by atoms with van der Waals surface area (Å²) < 4.78 is 13.5. The van der Waals surface area contributed by atoms with E-state index in [2.05, 4.69) is 28.4 Å². The molecule has 1 unspecified atom stereocenters. The number of amides is 1.